The molecule has 0 bridgehead atoms. The average molecular weight is 317 g/mol. The van der Waals surface area contributed by atoms with Crippen LogP contribution in [0.15, 0.2) is 12.7 Å². The summed E-state index contributed by atoms with van der Waals surface area (Å²) in [7, 11) is 0. The number of nitrogens with one attached hydrogen (secondary N) is 2. The monoisotopic (exact) mass is 317 g/mol. The van der Waals surface area contributed by atoms with Gasteiger partial charge in [-0.1, -0.05) is 6.58 Å². The first-order chi connectivity index (χ1) is 10.3. The Kier molecular flexibility index (Phi) is 9.14. The van der Waals surface area contributed by atoms with E-state index in [1.165, 1.54) is 4.90 Å². The molecule has 0 heterocycles. The van der Waals surface area contributed by atoms with Gasteiger partial charge in [-0.2, -0.15) is 0 Å². The molecule has 0 saturated heterocycles. The number of aliphatic carboxylic acids is 3. The van der Waals surface area contributed by atoms with Crippen molar-refractivity contribution in [1.82, 2.24) is 15.5 Å². The minimum absolute atomic E-state index is 0.0522. The molecule has 10 nitrogen and oxygen atoms in total. The first-order valence-electron chi connectivity index (χ1n) is 6.32. The fourth-order valence-corrected chi connectivity index (χ4v) is 1.49. The molecule has 0 spiro atoms. The number of carboxylic acid groups (broad SMARTS) is 3. The molecule has 0 aromatic carbocycles. The van der Waals surface area contributed by atoms with Crippen molar-refractivity contribution in [3.05, 3.63) is 12.7 Å². The van der Waals surface area contributed by atoms with Crippen LogP contribution in [0.25, 0.3) is 0 Å². The van der Waals surface area contributed by atoms with E-state index in [1.54, 1.807) is 0 Å². The van der Waals surface area contributed by atoms with E-state index in [1.807, 2.05) is 0 Å². The van der Waals surface area contributed by atoms with Crippen LogP contribution < -0.4 is 10.6 Å². The van der Waals surface area contributed by atoms with Crippen LogP contribution in [0.4, 0.5) is 0 Å². The van der Waals surface area contributed by atoms with Crippen LogP contribution in [-0.2, 0) is 19.2 Å². The maximum atomic E-state index is 11.6. The molecule has 0 radical (unpaired) electrons. The molecule has 0 atom stereocenters. The fourth-order valence-electron chi connectivity index (χ4n) is 1.49. The smallest absolute Gasteiger partial charge is 0.332 e. The van der Waals surface area contributed by atoms with Crippen molar-refractivity contribution in [2.75, 3.05) is 32.7 Å². The highest BCUT2D eigenvalue weighted by Gasteiger charge is 2.25. The standard InChI is InChI=1S/C12H19N3O7/c1-2-8(16)15(5-3-13-7-9(17)18)6-4-14-10(11(19)20)12(21)22/h2,10,13-14H,1,3-7H2,(H,17,18)(H,19,20)(H,21,22). The molecule has 1 amide bonds. The van der Waals surface area contributed by atoms with E-state index < -0.39 is 29.9 Å². The zero-order valence-electron chi connectivity index (χ0n) is 11.8. The molecule has 0 rings (SSSR count). The molecular weight excluding hydrogens is 298 g/mol. The van der Waals surface area contributed by atoms with E-state index in [9.17, 15) is 19.2 Å². The molecule has 10 heteroatoms. The van der Waals surface area contributed by atoms with Crippen molar-refractivity contribution in [3.8, 4) is 0 Å². The predicted octanol–water partition coefficient (Wildman–Crippen LogP) is -2.20. The molecular formula is C12H19N3O7. The van der Waals surface area contributed by atoms with Gasteiger partial charge >= 0.3 is 17.9 Å². The van der Waals surface area contributed by atoms with Crippen LogP contribution in [0.3, 0.4) is 0 Å². The van der Waals surface area contributed by atoms with Gasteiger partial charge in [0.25, 0.3) is 0 Å². The van der Waals surface area contributed by atoms with Crippen LogP contribution in [0.2, 0.25) is 0 Å². The summed E-state index contributed by atoms with van der Waals surface area (Å²) in [4.78, 5) is 44.6. The number of hydrogen-bond donors (Lipinski definition) is 5. The van der Waals surface area contributed by atoms with Crippen LogP contribution in [0.5, 0.6) is 0 Å². The van der Waals surface area contributed by atoms with Crippen molar-refractivity contribution in [2.45, 2.75) is 6.04 Å². The zero-order chi connectivity index (χ0) is 17.1. The summed E-state index contributed by atoms with van der Waals surface area (Å²) in [5.41, 5.74) is 0. The maximum Gasteiger partial charge on any atom is 0.332 e. The lowest BCUT2D eigenvalue weighted by Gasteiger charge is -2.22. The molecule has 0 unspecified atom stereocenters. The van der Waals surface area contributed by atoms with E-state index in [0.717, 1.165) is 6.08 Å². The van der Waals surface area contributed by atoms with Gasteiger partial charge in [-0.25, -0.2) is 9.59 Å². The van der Waals surface area contributed by atoms with Gasteiger partial charge in [0.05, 0.1) is 6.54 Å². The summed E-state index contributed by atoms with van der Waals surface area (Å²) in [6, 6.07) is -1.76. The SMILES string of the molecule is C=CC(=O)N(CCNCC(=O)O)CCNC(C(=O)O)C(=O)O. The summed E-state index contributed by atoms with van der Waals surface area (Å²) in [5.74, 6) is -4.52. The minimum atomic E-state index is -1.76. The number of carbonyl (C=O) groups is 4. The molecule has 0 aromatic heterocycles. The van der Waals surface area contributed by atoms with Crippen molar-refractivity contribution >= 4 is 23.8 Å². The summed E-state index contributed by atoms with van der Waals surface area (Å²) >= 11 is 0. The predicted molar refractivity (Wildman–Crippen MR) is 74.3 cm³/mol. The molecule has 5 N–H and O–H groups in total. The number of rotatable bonds is 12. The molecule has 0 aliphatic heterocycles. The number of nitrogens with zero attached hydrogens (tertiary/aromatic N) is 1. The lowest BCUT2D eigenvalue weighted by Crippen LogP contribution is -2.47. The van der Waals surface area contributed by atoms with Gasteiger partial charge in [-0.3, -0.25) is 14.9 Å². The molecule has 0 aromatic rings. The van der Waals surface area contributed by atoms with Gasteiger partial charge in [0.15, 0.2) is 0 Å². The van der Waals surface area contributed by atoms with Crippen LogP contribution >= 0.6 is 0 Å². The van der Waals surface area contributed by atoms with Crippen molar-refractivity contribution in [2.24, 2.45) is 0 Å². The summed E-state index contributed by atoms with van der Waals surface area (Å²) in [6.45, 7) is 3.45. The second kappa shape index (κ2) is 10.3. The van der Waals surface area contributed by atoms with E-state index in [-0.39, 0.29) is 32.7 Å². The molecule has 0 aliphatic carbocycles. The van der Waals surface area contributed by atoms with Gasteiger partial charge in [0, 0.05) is 26.2 Å². The Morgan fingerprint density at radius 3 is 2.05 bits per heavy atom. The third-order valence-corrected chi connectivity index (χ3v) is 2.55. The first kappa shape index (κ1) is 19.5. The Bertz CT molecular complexity index is 424. The maximum absolute atomic E-state index is 11.6. The topological polar surface area (TPSA) is 156 Å². The van der Waals surface area contributed by atoms with Crippen LogP contribution in [0, 0.1) is 0 Å². The van der Waals surface area contributed by atoms with E-state index >= 15 is 0 Å². The highest BCUT2D eigenvalue weighted by molar-refractivity contribution is 5.97. The molecule has 0 saturated carbocycles. The first-order valence-corrected chi connectivity index (χ1v) is 6.32. The van der Waals surface area contributed by atoms with E-state index in [0.29, 0.717) is 0 Å². The highest BCUT2D eigenvalue weighted by atomic mass is 16.4. The lowest BCUT2D eigenvalue weighted by molar-refractivity contribution is -0.151. The Morgan fingerprint density at radius 1 is 1.05 bits per heavy atom. The summed E-state index contributed by atoms with van der Waals surface area (Å²) in [5, 5.41) is 30.7. The average Bonchev–Trinajstić information content (AvgIpc) is 2.43. The number of amides is 1. The second-order valence-corrected chi connectivity index (χ2v) is 4.16. The number of hydrogen-bond acceptors (Lipinski definition) is 6. The molecule has 0 aliphatic rings. The van der Waals surface area contributed by atoms with Crippen molar-refractivity contribution in [3.63, 3.8) is 0 Å². The van der Waals surface area contributed by atoms with Crippen molar-refractivity contribution < 1.29 is 34.5 Å². The lowest BCUT2D eigenvalue weighted by atomic mass is 10.3. The normalized spacial score (nSPS) is 10.2. The fraction of sp³-hybridized carbons (Fsp3) is 0.500. The molecule has 22 heavy (non-hydrogen) atoms. The van der Waals surface area contributed by atoms with E-state index in [4.69, 9.17) is 15.3 Å². The van der Waals surface area contributed by atoms with Gasteiger partial charge in [0.1, 0.15) is 0 Å². The van der Waals surface area contributed by atoms with Gasteiger partial charge < -0.3 is 25.5 Å². The largest absolute Gasteiger partial charge is 0.480 e. The summed E-state index contributed by atoms with van der Waals surface area (Å²) < 4.78 is 0. The minimum Gasteiger partial charge on any atom is -0.480 e. The quantitative estimate of drug-likeness (QED) is 0.153. The van der Waals surface area contributed by atoms with E-state index in [2.05, 4.69) is 17.2 Å². The number of carboxylic acids is 3. The Balaban J connectivity index is 4.33. The van der Waals surface area contributed by atoms with Crippen LogP contribution in [-0.4, -0.2) is 82.8 Å². The van der Waals surface area contributed by atoms with Crippen LogP contribution in [0.1, 0.15) is 0 Å². The van der Waals surface area contributed by atoms with Crippen molar-refractivity contribution in [1.29, 1.82) is 0 Å². The third-order valence-electron chi connectivity index (χ3n) is 2.55. The Morgan fingerprint density at radius 2 is 1.59 bits per heavy atom. The third kappa shape index (κ3) is 7.97. The Labute approximate surface area is 126 Å². The molecule has 124 valence electrons. The van der Waals surface area contributed by atoms with Gasteiger partial charge in [-0.15, -0.1) is 0 Å². The number of carbonyl (C=O) groups excluding carboxylic acids is 1. The summed E-state index contributed by atoms with van der Waals surface area (Å²) in [6.07, 6.45) is 1.06. The highest BCUT2D eigenvalue weighted by Crippen LogP contribution is 1.91. The zero-order valence-corrected chi connectivity index (χ0v) is 11.8. The second-order valence-electron chi connectivity index (χ2n) is 4.16. The van der Waals surface area contributed by atoms with Gasteiger partial charge in [0.2, 0.25) is 11.9 Å². The van der Waals surface area contributed by atoms with Gasteiger partial charge in [-0.05, 0) is 6.08 Å². The molecule has 0 fully saturated rings. The Hall–Kier alpha value is -2.46.